The van der Waals surface area contributed by atoms with Gasteiger partial charge in [-0.2, -0.15) is 0 Å². The number of nitrogens with one attached hydrogen (secondary N) is 2. The molecule has 1 aliphatic heterocycles. The van der Waals surface area contributed by atoms with Gasteiger partial charge in [0.1, 0.15) is 0 Å². The largest absolute Gasteiger partial charge is 0.352 e. The summed E-state index contributed by atoms with van der Waals surface area (Å²) < 4.78 is 0. The monoisotopic (exact) mass is 335 g/mol. The van der Waals surface area contributed by atoms with E-state index in [9.17, 15) is 14.4 Å². The van der Waals surface area contributed by atoms with Crippen molar-refractivity contribution in [3.8, 4) is 0 Å². The highest BCUT2D eigenvalue weighted by atomic mass is 35.5. The first-order valence-corrected chi connectivity index (χ1v) is 8.10. The van der Waals surface area contributed by atoms with Gasteiger partial charge in [-0.15, -0.1) is 0 Å². The predicted octanol–water partition coefficient (Wildman–Crippen LogP) is 1.48. The second kappa shape index (κ2) is 6.58. The van der Waals surface area contributed by atoms with Gasteiger partial charge in [0.05, 0.1) is 17.8 Å². The number of anilines is 1. The second-order valence-corrected chi connectivity index (χ2v) is 6.27. The Morgan fingerprint density at radius 3 is 2.74 bits per heavy atom. The van der Waals surface area contributed by atoms with Gasteiger partial charge in [0.15, 0.2) is 0 Å². The smallest absolute Gasteiger partial charge is 0.253 e. The quantitative estimate of drug-likeness (QED) is 0.855. The van der Waals surface area contributed by atoms with E-state index in [2.05, 4.69) is 10.6 Å². The molecule has 0 aromatic heterocycles. The van der Waals surface area contributed by atoms with Gasteiger partial charge in [-0.25, -0.2) is 0 Å². The summed E-state index contributed by atoms with van der Waals surface area (Å²) in [5.74, 6) is -0.608. The predicted molar refractivity (Wildman–Crippen MR) is 86.5 cm³/mol. The first-order valence-electron chi connectivity index (χ1n) is 7.72. The van der Waals surface area contributed by atoms with Crippen molar-refractivity contribution >= 4 is 35.0 Å². The van der Waals surface area contributed by atoms with E-state index in [4.69, 9.17) is 11.6 Å². The van der Waals surface area contributed by atoms with Gasteiger partial charge in [-0.05, 0) is 37.5 Å². The number of nitrogens with zero attached hydrogens (tertiary/aromatic N) is 1. The van der Waals surface area contributed by atoms with Gasteiger partial charge >= 0.3 is 0 Å². The Bertz CT molecular complexity index is 658. The molecule has 0 unspecified atom stereocenters. The fraction of sp³-hybridized carbons (Fsp3) is 0.438. The molecule has 0 bridgehead atoms. The molecule has 0 spiro atoms. The first kappa shape index (κ1) is 15.8. The van der Waals surface area contributed by atoms with Crippen molar-refractivity contribution in [2.24, 2.45) is 0 Å². The number of hydrogen-bond acceptors (Lipinski definition) is 3. The summed E-state index contributed by atoms with van der Waals surface area (Å²) in [6.07, 6.45) is 3.23. The van der Waals surface area contributed by atoms with Gasteiger partial charge < -0.3 is 15.5 Å². The summed E-state index contributed by atoms with van der Waals surface area (Å²) in [5, 5.41) is 5.87. The standard InChI is InChI=1S/C16H18ClN3O3/c17-10-3-6-12(13(8-10)20-7-1-2-15(20)22)16(23)18-9-14(21)19-11-4-5-11/h3,6,8,11H,1-2,4-5,7,9H2,(H,18,23)(H,19,21). The third kappa shape index (κ3) is 3.82. The summed E-state index contributed by atoms with van der Waals surface area (Å²) in [5.41, 5.74) is 0.851. The highest BCUT2D eigenvalue weighted by Crippen LogP contribution is 2.28. The number of halogens is 1. The Morgan fingerprint density at radius 1 is 1.30 bits per heavy atom. The van der Waals surface area contributed by atoms with Gasteiger partial charge in [0.2, 0.25) is 11.8 Å². The van der Waals surface area contributed by atoms with E-state index < -0.39 is 0 Å². The molecule has 0 radical (unpaired) electrons. The summed E-state index contributed by atoms with van der Waals surface area (Å²) in [6, 6.07) is 5.05. The lowest BCUT2D eigenvalue weighted by molar-refractivity contribution is -0.120. The molecule has 1 heterocycles. The molecule has 1 aliphatic carbocycles. The van der Waals surface area contributed by atoms with Gasteiger partial charge in [-0.1, -0.05) is 11.6 Å². The van der Waals surface area contributed by atoms with E-state index in [1.807, 2.05) is 0 Å². The summed E-state index contributed by atoms with van der Waals surface area (Å²) >= 11 is 6.01. The van der Waals surface area contributed by atoms with Crippen LogP contribution in [0.4, 0.5) is 5.69 Å². The summed E-state index contributed by atoms with van der Waals surface area (Å²) in [4.78, 5) is 37.6. The van der Waals surface area contributed by atoms with Crippen LogP contribution in [0.3, 0.4) is 0 Å². The van der Waals surface area contributed by atoms with Gasteiger partial charge in [0.25, 0.3) is 5.91 Å². The van der Waals surface area contributed by atoms with E-state index in [0.717, 1.165) is 19.3 Å². The molecule has 122 valence electrons. The number of carbonyl (C=O) groups is 3. The van der Waals surface area contributed by atoms with Crippen LogP contribution in [0, 0.1) is 0 Å². The molecule has 7 heteroatoms. The molecule has 0 atom stereocenters. The molecule has 1 aromatic rings. The van der Waals surface area contributed by atoms with Gasteiger partial charge in [-0.3, -0.25) is 14.4 Å². The number of hydrogen-bond donors (Lipinski definition) is 2. The second-order valence-electron chi connectivity index (χ2n) is 5.83. The molecular weight excluding hydrogens is 318 g/mol. The zero-order valence-electron chi connectivity index (χ0n) is 12.6. The molecule has 1 saturated heterocycles. The highest BCUT2D eigenvalue weighted by molar-refractivity contribution is 6.31. The molecule has 3 amide bonds. The van der Waals surface area contributed by atoms with Crippen molar-refractivity contribution in [3.63, 3.8) is 0 Å². The minimum Gasteiger partial charge on any atom is -0.352 e. The van der Waals surface area contributed by atoms with Crippen molar-refractivity contribution in [3.05, 3.63) is 28.8 Å². The fourth-order valence-electron chi connectivity index (χ4n) is 2.59. The Hall–Kier alpha value is -2.08. The van der Waals surface area contributed by atoms with Crippen LogP contribution in [0.25, 0.3) is 0 Å². The Balaban J connectivity index is 1.71. The Kier molecular flexibility index (Phi) is 4.52. The van der Waals surface area contributed by atoms with Crippen molar-refractivity contribution < 1.29 is 14.4 Å². The molecule has 23 heavy (non-hydrogen) atoms. The molecule has 1 aromatic carbocycles. The maximum atomic E-state index is 12.4. The third-order valence-corrected chi connectivity index (χ3v) is 4.16. The first-order chi connectivity index (χ1) is 11.0. The Labute approximate surface area is 139 Å². The zero-order valence-corrected chi connectivity index (χ0v) is 13.4. The number of rotatable bonds is 5. The Morgan fingerprint density at radius 2 is 2.09 bits per heavy atom. The molecule has 3 rings (SSSR count). The van der Waals surface area contributed by atoms with Crippen LogP contribution in [-0.4, -0.2) is 36.9 Å². The number of carbonyl (C=O) groups excluding carboxylic acids is 3. The molecule has 2 aliphatic rings. The minimum atomic E-state index is -0.387. The van der Waals surface area contributed by atoms with E-state index in [1.165, 1.54) is 0 Å². The van der Waals surface area contributed by atoms with Crippen molar-refractivity contribution in [1.29, 1.82) is 0 Å². The van der Waals surface area contributed by atoms with Crippen LogP contribution in [-0.2, 0) is 9.59 Å². The SMILES string of the molecule is O=C(CNC(=O)c1ccc(Cl)cc1N1CCCC1=O)NC1CC1. The van der Waals surface area contributed by atoms with E-state index in [0.29, 0.717) is 29.2 Å². The average Bonchev–Trinajstić information content (AvgIpc) is 3.23. The fourth-order valence-corrected chi connectivity index (χ4v) is 2.75. The van der Waals surface area contributed by atoms with Crippen LogP contribution in [0.5, 0.6) is 0 Å². The minimum absolute atomic E-state index is 0.0206. The molecule has 2 fully saturated rings. The lowest BCUT2D eigenvalue weighted by Gasteiger charge is -2.19. The van der Waals surface area contributed by atoms with Gasteiger partial charge in [0, 0.05) is 24.0 Å². The van der Waals surface area contributed by atoms with Crippen LogP contribution in [0.15, 0.2) is 18.2 Å². The van der Waals surface area contributed by atoms with Crippen LogP contribution >= 0.6 is 11.6 Å². The number of amides is 3. The summed E-state index contributed by atoms with van der Waals surface area (Å²) in [6.45, 7) is 0.493. The third-order valence-electron chi connectivity index (χ3n) is 3.92. The lowest BCUT2D eigenvalue weighted by atomic mass is 10.1. The zero-order chi connectivity index (χ0) is 16.4. The topological polar surface area (TPSA) is 78.5 Å². The average molecular weight is 336 g/mol. The van der Waals surface area contributed by atoms with E-state index >= 15 is 0 Å². The van der Waals surface area contributed by atoms with Crippen LogP contribution in [0.1, 0.15) is 36.0 Å². The highest BCUT2D eigenvalue weighted by Gasteiger charge is 2.27. The molecule has 1 saturated carbocycles. The number of benzene rings is 1. The molecule has 2 N–H and O–H groups in total. The normalized spacial score (nSPS) is 17.3. The van der Waals surface area contributed by atoms with E-state index in [-0.39, 0.29) is 30.3 Å². The van der Waals surface area contributed by atoms with Crippen molar-refractivity contribution in [2.45, 2.75) is 31.7 Å². The maximum Gasteiger partial charge on any atom is 0.253 e. The molecular formula is C16H18ClN3O3. The van der Waals surface area contributed by atoms with E-state index in [1.54, 1.807) is 23.1 Å². The summed E-state index contributed by atoms with van der Waals surface area (Å²) in [7, 11) is 0. The molecule has 6 nitrogen and oxygen atoms in total. The maximum absolute atomic E-state index is 12.4. The van der Waals surface area contributed by atoms with Crippen molar-refractivity contribution in [2.75, 3.05) is 18.0 Å². The lowest BCUT2D eigenvalue weighted by Crippen LogP contribution is -2.38. The van der Waals surface area contributed by atoms with Crippen LogP contribution in [0.2, 0.25) is 5.02 Å². The van der Waals surface area contributed by atoms with Crippen LogP contribution < -0.4 is 15.5 Å². The van der Waals surface area contributed by atoms with Crippen molar-refractivity contribution in [1.82, 2.24) is 10.6 Å².